The van der Waals surface area contributed by atoms with Crippen molar-refractivity contribution in [3.63, 3.8) is 0 Å². The van der Waals surface area contributed by atoms with Gasteiger partial charge in [0.25, 0.3) is 0 Å². The van der Waals surface area contributed by atoms with E-state index in [9.17, 15) is 0 Å². The third kappa shape index (κ3) is 1.12. The molecule has 1 aromatic carbocycles. The quantitative estimate of drug-likeness (QED) is 0.675. The largest absolute Gasteiger partial charge is 0.493 e. The minimum absolute atomic E-state index is 0.508. The summed E-state index contributed by atoms with van der Waals surface area (Å²) in [5.74, 6) is 1.10. The fraction of sp³-hybridized carbons (Fsp3) is 0.455. The molecule has 3 rings (SSSR count). The van der Waals surface area contributed by atoms with Gasteiger partial charge in [0, 0.05) is 15.5 Å². The molecule has 0 aromatic heterocycles. The van der Waals surface area contributed by atoms with Crippen LogP contribution >= 0.6 is 15.9 Å². The van der Waals surface area contributed by atoms with Crippen LogP contribution in [0.3, 0.4) is 0 Å². The van der Waals surface area contributed by atoms with Crippen LogP contribution in [-0.2, 0) is 5.41 Å². The van der Waals surface area contributed by atoms with Gasteiger partial charge in [-0.25, -0.2) is 0 Å². The van der Waals surface area contributed by atoms with Gasteiger partial charge in [0.05, 0.1) is 6.61 Å². The first kappa shape index (κ1) is 7.86. The summed E-state index contributed by atoms with van der Waals surface area (Å²) in [6.07, 6.45) is 3.91. The standard InChI is InChI=1S/C11H11BrO/c12-8-1-2-9-10(7-8)13-6-5-11(9)3-4-11/h1-2,7H,3-6H2. The van der Waals surface area contributed by atoms with Crippen molar-refractivity contribution < 1.29 is 4.74 Å². The van der Waals surface area contributed by atoms with E-state index in [0.29, 0.717) is 5.41 Å². The minimum Gasteiger partial charge on any atom is -0.493 e. The number of halogens is 1. The SMILES string of the molecule is Brc1ccc2c(c1)OCCC21CC1. The molecule has 1 fully saturated rings. The summed E-state index contributed by atoms with van der Waals surface area (Å²) >= 11 is 3.47. The van der Waals surface area contributed by atoms with Gasteiger partial charge in [0.1, 0.15) is 5.75 Å². The maximum atomic E-state index is 5.65. The van der Waals surface area contributed by atoms with Crippen LogP contribution in [0.2, 0.25) is 0 Å². The number of benzene rings is 1. The van der Waals surface area contributed by atoms with Crippen LogP contribution in [0.4, 0.5) is 0 Å². The molecule has 1 saturated carbocycles. The van der Waals surface area contributed by atoms with Gasteiger partial charge < -0.3 is 4.74 Å². The van der Waals surface area contributed by atoms with E-state index in [1.165, 1.54) is 24.8 Å². The number of rotatable bonds is 0. The second-order valence-electron chi connectivity index (χ2n) is 4.02. The van der Waals surface area contributed by atoms with Gasteiger partial charge in [0.2, 0.25) is 0 Å². The molecule has 0 amide bonds. The highest BCUT2D eigenvalue weighted by atomic mass is 79.9. The van der Waals surface area contributed by atoms with Crippen molar-refractivity contribution in [2.75, 3.05) is 6.61 Å². The second kappa shape index (κ2) is 2.50. The Hall–Kier alpha value is -0.500. The molecule has 0 unspecified atom stereocenters. The number of hydrogen-bond acceptors (Lipinski definition) is 1. The van der Waals surface area contributed by atoms with Gasteiger partial charge in [-0.3, -0.25) is 0 Å². The fourth-order valence-electron chi connectivity index (χ4n) is 2.21. The van der Waals surface area contributed by atoms with Gasteiger partial charge >= 0.3 is 0 Å². The molecule has 1 aliphatic heterocycles. The average molecular weight is 239 g/mol. The number of hydrogen-bond donors (Lipinski definition) is 0. The van der Waals surface area contributed by atoms with Crippen molar-refractivity contribution in [2.45, 2.75) is 24.7 Å². The highest BCUT2D eigenvalue weighted by molar-refractivity contribution is 9.10. The summed E-state index contributed by atoms with van der Waals surface area (Å²) in [7, 11) is 0. The normalized spacial score (nSPS) is 22.2. The predicted octanol–water partition coefficient (Wildman–Crippen LogP) is 3.26. The van der Waals surface area contributed by atoms with Gasteiger partial charge in [-0.1, -0.05) is 22.0 Å². The first-order valence-corrected chi connectivity index (χ1v) is 5.52. The zero-order valence-corrected chi connectivity index (χ0v) is 8.93. The molecule has 1 spiro atoms. The summed E-state index contributed by atoms with van der Waals surface area (Å²) < 4.78 is 6.76. The molecule has 1 aliphatic carbocycles. The number of fused-ring (bicyclic) bond motifs is 2. The Balaban J connectivity index is 2.15. The van der Waals surface area contributed by atoms with Crippen molar-refractivity contribution in [1.29, 1.82) is 0 Å². The van der Waals surface area contributed by atoms with Gasteiger partial charge in [-0.15, -0.1) is 0 Å². The third-order valence-corrected chi connectivity index (χ3v) is 3.70. The highest BCUT2D eigenvalue weighted by Gasteiger charge is 2.47. The van der Waals surface area contributed by atoms with E-state index in [0.717, 1.165) is 16.8 Å². The zero-order valence-electron chi connectivity index (χ0n) is 7.35. The zero-order chi connectivity index (χ0) is 8.89. The Morgan fingerprint density at radius 3 is 2.85 bits per heavy atom. The molecular formula is C11H11BrO. The van der Waals surface area contributed by atoms with Crippen LogP contribution in [0, 0.1) is 0 Å². The summed E-state index contributed by atoms with van der Waals surface area (Å²) in [6.45, 7) is 0.892. The lowest BCUT2D eigenvalue weighted by Gasteiger charge is -2.25. The first-order chi connectivity index (χ1) is 6.30. The molecule has 1 aromatic rings. The molecule has 0 N–H and O–H groups in total. The maximum Gasteiger partial charge on any atom is 0.124 e. The van der Waals surface area contributed by atoms with Crippen LogP contribution in [0.5, 0.6) is 5.75 Å². The van der Waals surface area contributed by atoms with Gasteiger partial charge in [-0.2, -0.15) is 0 Å². The fourth-order valence-corrected chi connectivity index (χ4v) is 2.56. The van der Waals surface area contributed by atoms with E-state index in [4.69, 9.17) is 4.74 Å². The predicted molar refractivity (Wildman–Crippen MR) is 55.2 cm³/mol. The Morgan fingerprint density at radius 2 is 2.08 bits per heavy atom. The smallest absolute Gasteiger partial charge is 0.124 e. The highest BCUT2D eigenvalue weighted by Crippen LogP contribution is 2.56. The molecule has 0 saturated heterocycles. The Bertz CT molecular complexity index is 355. The Morgan fingerprint density at radius 1 is 1.23 bits per heavy atom. The van der Waals surface area contributed by atoms with E-state index < -0.39 is 0 Å². The van der Waals surface area contributed by atoms with Crippen LogP contribution in [0.1, 0.15) is 24.8 Å². The first-order valence-electron chi connectivity index (χ1n) is 4.73. The van der Waals surface area contributed by atoms with Crippen LogP contribution < -0.4 is 4.74 Å². The van der Waals surface area contributed by atoms with Crippen molar-refractivity contribution >= 4 is 15.9 Å². The summed E-state index contributed by atoms with van der Waals surface area (Å²) in [5, 5.41) is 0. The van der Waals surface area contributed by atoms with Crippen LogP contribution in [0.25, 0.3) is 0 Å². The molecule has 68 valence electrons. The number of ether oxygens (including phenoxy) is 1. The monoisotopic (exact) mass is 238 g/mol. The summed E-state index contributed by atoms with van der Waals surface area (Å²) in [6, 6.07) is 6.42. The van der Waals surface area contributed by atoms with E-state index in [1.54, 1.807) is 0 Å². The van der Waals surface area contributed by atoms with Crippen molar-refractivity contribution in [3.05, 3.63) is 28.2 Å². The van der Waals surface area contributed by atoms with Crippen LogP contribution in [-0.4, -0.2) is 6.61 Å². The lowest BCUT2D eigenvalue weighted by Crippen LogP contribution is -2.19. The molecule has 0 radical (unpaired) electrons. The molecular weight excluding hydrogens is 228 g/mol. The van der Waals surface area contributed by atoms with E-state index in [-0.39, 0.29) is 0 Å². The molecule has 2 heteroatoms. The van der Waals surface area contributed by atoms with Crippen molar-refractivity contribution in [1.82, 2.24) is 0 Å². The van der Waals surface area contributed by atoms with Gasteiger partial charge in [0.15, 0.2) is 0 Å². The van der Waals surface area contributed by atoms with Crippen molar-refractivity contribution in [3.8, 4) is 5.75 Å². The van der Waals surface area contributed by atoms with Crippen molar-refractivity contribution in [2.24, 2.45) is 0 Å². The molecule has 1 heterocycles. The van der Waals surface area contributed by atoms with E-state index in [1.807, 2.05) is 0 Å². The molecule has 1 nitrogen and oxygen atoms in total. The Kier molecular flexibility index (Phi) is 1.51. The third-order valence-electron chi connectivity index (χ3n) is 3.21. The van der Waals surface area contributed by atoms with Gasteiger partial charge in [-0.05, 0) is 31.4 Å². The lowest BCUT2D eigenvalue weighted by atomic mass is 9.90. The lowest BCUT2D eigenvalue weighted by molar-refractivity contribution is 0.260. The molecule has 2 aliphatic rings. The summed E-state index contributed by atoms with van der Waals surface area (Å²) in [5.41, 5.74) is 1.94. The molecule has 0 bridgehead atoms. The summed E-state index contributed by atoms with van der Waals surface area (Å²) in [4.78, 5) is 0. The molecule has 13 heavy (non-hydrogen) atoms. The average Bonchev–Trinajstić information content (AvgIpc) is 2.86. The Labute approximate surface area is 86.2 Å². The topological polar surface area (TPSA) is 9.23 Å². The maximum absolute atomic E-state index is 5.65. The second-order valence-corrected chi connectivity index (χ2v) is 4.93. The minimum atomic E-state index is 0.508. The molecule has 0 atom stereocenters. The van der Waals surface area contributed by atoms with E-state index >= 15 is 0 Å². The van der Waals surface area contributed by atoms with E-state index in [2.05, 4.69) is 34.1 Å². The van der Waals surface area contributed by atoms with Crippen LogP contribution in [0.15, 0.2) is 22.7 Å².